The van der Waals surface area contributed by atoms with E-state index in [-0.39, 0.29) is 39.4 Å². The molecule has 0 unspecified atom stereocenters. The molecule has 2 aromatic carbocycles. The van der Waals surface area contributed by atoms with Crippen LogP contribution in [0.2, 0.25) is 0 Å². The Hall–Kier alpha value is -4.23. The molecule has 2 heterocycles. The summed E-state index contributed by atoms with van der Waals surface area (Å²) >= 11 is 0. The standard InChI is InChI=1S/C28H28F3N5O4S/c1-17(2)36(18(3)4)41(39,40)21-12-13-25(32-15-21)34-33-16-24-22-10-5-6-11-23(22)26(37)35(27(24)38)20-9-7-8-19(14-20)28(29,30)31/h5-18,38H,1-4H3,(H,32,34). The van der Waals surface area contributed by atoms with Gasteiger partial charge in [0.05, 0.1) is 23.0 Å². The Labute approximate surface area is 234 Å². The molecule has 0 bridgehead atoms. The molecule has 0 aliphatic heterocycles. The summed E-state index contributed by atoms with van der Waals surface area (Å²) in [4.78, 5) is 17.3. The summed E-state index contributed by atoms with van der Waals surface area (Å²) < 4.78 is 68.2. The van der Waals surface area contributed by atoms with E-state index in [1.54, 1.807) is 45.9 Å². The number of pyridine rings is 2. The van der Waals surface area contributed by atoms with Crippen molar-refractivity contribution in [2.75, 3.05) is 5.43 Å². The topological polar surface area (TPSA) is 117 Å². The molecule has 0 radical (unpaired) electrons. The van der Waals surface area contributed by atoms with E-state index in [2.05, 4.69) is 15.5 Å². The molecule has 13 heteroatoms. The summed E-state index contributed by atoms with van der Waals surface area (Å²) in [6.45, 7) is 7.13. The number of aromatic hydroxyl groups is 1. The Balaban J connectivity index is 1.70. The first-order valence-electron chi connectivity index (χ1n) is 12.6. The Morgan fingerprint density at radius 2 is 1.66 bits per heavy atom. The fraction of sp³-hybridized carbons (Fsp3) is 0.250. The van der Waals surface area contributed by atoms with E-state index in [0.29, 0.717) is 5.39 Å². The van der Waals surface area contributed by atoms with Crippen LogP contribution in [0.3, 0.4) is 0 Å². The van der Waals surface area contributed by atoms with Gasteiger partial charge in [-0.3, -0.25) is 10.2 Å². The molecule has 41 heavy (non-hydrogen) atoms. The van der Waals surface area contributed by atoms with Gasteiger partial charge in [-0.25, -0.2) is 18.0 Å². The van der Waals surface area contributed by atoms with Gasteiger partial charge in [-0.15, -0.1) is 0 Å². The van der Waals surface area contributed by atoms with Crippen LogP contribution in [0.4, 0.5) is 19.0 Å². The average molecular weight is 588 g/mol. The minimum absolute atomic E-state index is 0.00577. The molecular weight excluding hydrogens is 559 g/mol. The lowest BCUT2D eigenvalue weighted by Gasteiger charge is -2.29. The highest BCUT2D eigenvalue weighted by molar-refractivity contribution is 7.89. The van der Waals surface area contributed by atoms with Crippen molar-refractivity contribution in [3.05, 3.63) is 88.3 Å². The largest absolute Gasteiger partial charge is 0.494 e. The Morgan fingerprint density at radius 1 is 1.00 bits per heavy atom. The lowest BCUT2D eigenvalue weighted by molar-refractivity contribution is -0.137. The van der Waals surface area contributed by atoms with Crippen LogP contribution in [0, 0.1) is 0 Å². The second-order valence-corrected chi connectivity index (χ2v) is 11.6. The van der Waals surface area contributed by atoms with Crippen molar-refractivity contribution in [2.45, 2.75) is 50.9 Å². The van der Waals surface area contributed by atoms with Gasteiger partial charge in [0.2, 0.25) is 15.9 Å². The van der Waals surface area contributed by atoms with E-state index in [4.69, 9.17) is 0 Å². The number of hydrogen-bond donors (Lipinski definition) is 2. The minimum Gasteiger partial charge on any atom is -0.494 e. The molecule has 4 rings (SSSR count). The molecule has 0 amide bonds. The number of alkyl halides is 3. The highest BCUT2D eigenvalue weighted by Crippen LogP contribution is 2.32. The highest BCUT2D eigenvalue weighted by atomic mass is 32.2. The maximum Gasteiger partial charge on any atom is 0.416 e. The zero-order chi connectivity index (χ0) is 30.1. The number of benzene rings is 2. The molecule has 9 nitrogen and oxygen atoms in total. The van der Waals surface area contributed by atoms with Crippen molar-refractivity contribution in [1.82, 2.24) is 13.9 Å². The summed E-state index contributed by atoms with van der Waals surface area (Å²) in [5.74, 6) is -0.425. The van der Waals surface area contributed by atoms with Crippen LogP contribution in [0.5, 0.6) is 5.88 Å². The lowest BCUT2D eigenvalue weighted by atomic mass is 10.1. The van der Waals surface area contributed by atoms with E-state index in [0.717, 1.165) is 22.8 Å². The van der Waals surface area contributed by atoms with E-state index >= 15 is 0 Å². The van der Waals surface area contributed by atoms with Crippen LogP contribution in [-0.2, 0) is 16.2 Å². The van der Waals surface area contributed by atoms with Crippen molar-refractivity contribution in [3.63, 3.8) is 0 Å². The predicted octanol–water partition coefficient (Wildman–Crippen LogP) is 5.36. The smallest absolute Gasteiger partial charge is 0.416 e. The molecule has 2 N–H and O–H groups in total. The number of hydrogen-bond acceptors (Lipinski definition) is 7. The Bertz CT molecular complexity index is 1760. The minimum atomic E-state index is -4.65. The molecule has 0 aliphatic carbocycles. The lowest BCUT2D eigenvalue weighted by Crippen LogP contribution is -2.41. The molecule has 216 valence electrons. The van der Waals surface area contributed by atoms with E-state index < -0.39 is 33.2 Å². The van der Waals surface area contributed by atoms with Gasteiger partial charge in [0.15, 0.2) is 0 Å². The van der Waals surface area contributed by atoms with Gasteiger partial charge in [0, 0.05) is 29.1 Å². The number of fused-ring (bicyclic) bond motifs is 1. The van der Waals surface area contributed by atoms with E-state index in [1.807, 2.05) is 0 Å². The van der Waals surface area contributed by atoms with Crippen molar-refractivity contribution in [2.24, 2.45) is 5.10 Å². The molecule has 0 atom stereocenters. The molecule has 2 aromatic heterocycles. The van der Waals surface area contributed by atoms with Gasteiger partial charge in [-0.1, -0.05) is 24.3 Å². The number of aromatic nitrogens is 2. The maximum absolute atomic E-state index is 13.3. The number of nitrogens with one attached hydrogen (secondary N) is 1. The average Bonchev–Trinajstić information content (AvgIpc) is 2.90. The second-order valence-electron chi connectivity index (χ2n) is 9.74. The summed E-state index contributed by atoms with van der Waals surface area (Å²) in [6.07, 6.45) is -2.25. The van der Waals surface area contributed by atoms with Gasteiger partial charge in [-0.05, 0) is 64.1 Å². The first-order chi connectivity index (χ1) is 19.2. The van der Waals surface area contributed by atoms with Crippen molar-refractivity contribution in [3.8, 4) is 11.6 Å². The molecule has 0 spiro atoms. The number of anilines is 1. The first kappa shape index (κ1) is 29.7. The van der Waals surface area contributed by atoms with Crippen LogP contribution >= 0.6 is 0 Å². The van der Waals surface area contributed by atoms with Gasteiger partial charge < -0.3 is 5.11 Å². The quantitative estimate of drug-likeness (QED) is 0.212. The van der Waals surface area contributed by atoms with Gasteiger partial charge in [0.1, 0.15) is 10.7 Å². The van der Waals surface area contributed by atoms with Crippen LogP contribution in [0.15, 0.2) is 81.7 Å². The molecule has 4 aromatic rings. The van der Waals surface area contributed by atoms with E-state index in [9.17, 15) is 31.5 Å². The molecular formula is C28H28F3N5O4S. The monoisotopic (exact) mass is 587 g/mol. The van der Waals surface area contributed by atoms with Crippen LogP contribution < -0.4 is 11.0 Å². The Morgan fingerprint density at radius 3 is 2.24 bits per heavy atom. The summed E-state index contributed by atoms with van der Waals surface area (Å²) in [5, 5.41) is 15.6. The maximum atomic E-state index is 13.3. The zero-order valence-electron chi connectivity index (χ0n) is 22.6. The third-order valence-electron chi connectivity index (χ3n) is 6.24. The fourth-order valence-electron chi connectivity index (χ4n) is 4.59. The Kier molecular flexibility index (Phi) is 8.22. The highest BCUT2D eigenvalue weighted by Gasteiger charge is 2.31. The van der Waals surface area contributed by atoms with Crippen LogP contribution in [0.25, 0.3) is 16.5 Å². The zero-order valence-corrected chi connectivity index (χ0v) is 23.4. The van der Waals surface area contributed by atoms with Crippen molar-refractivity contribution < 1.29 is 26.7 Å². The van der Waals surface area contributed by atoms with Crippen LogP contribution in [-0.4, -0.2) is 45.7 Å². The third kappa shape index (κ3) is 5.95. The fourth-order valence-corrected chi connectivity index (χ4v) is 6.36. The van der Waals surface area contributed by atoms with Crippen LogP contribution in [0.1, 0.15) is 38.8 Å². The summed E-state index contributed by atoms with van der Waals surface area (Å²) in [6, 6.07) is 12.6. The van der Waals surface area contributed by atoms with Crippen molar-refractivity contribution in [1.29, 1.82) is 0 Å². The summed E-state index contributed by atoms with van der Waals surface area (Å²) in [7, 11) is -3.79. The second kappa shape index (κ2) is 11.3. The number of hydrazone groups is 1. The SMILES string of the molecule is CC(C)N(C(C)C)S(=O)(=O)c1ccc(NN=Cc2c(O)n(-c3cccc(C(F)(F)F)c3)c(=O)c3ccccc23)nc1. The normalized spacial score (nSPS) is 12.7. The van der Waals surface area contributed by atoms with Gasteiger partial charge in [0.25, 0.3) is 5.56 Å². The van der Waals surface area contributed by atoms with Gasteiger partial charge >= 0.3 is 6.18 Å². The number of rotatable bonds is 8. The number of halogens is 3. The third-order valence-corrected chi connectivity index (χ3v) is 8.47. The molecule has 0 aliphatic rings. The molecule has 0 fully saturated rings. The number of sulfonamides is 1. The van der Waals surface area contributed by atoms with Gasteiger partial charge in [-0.2, -0.15) is 22.6 Å². The predicted molar refractivity (Wildman–Crippen MR) is 151 cm³/mol. The van der Waals surface area contributed by atoms with Crippen molar-refractivity contribution >= 4 is 32.8 Å². The van der Waals surface area contributed by atoms with E-state index in [1.165, 1.54) is 41.0 Å². The number of nitrogens with zero attached hydrogens (tertiary/aromatic N) is 4. The summed E-state index contributed by atoms with van der Waals surface area (Å²) in [5.41, 5.74) is 0.843. The first-order valence-corrected chi connectivity index (χ1v) is 14.0. The molecule has 0 saturated heterocycles. The molecule has 0 saturated carbocycles.